The summed E-state index contributed by atoms with van der Waals surface area (Å²) in [7, 11) is -3.63. The standard InChI is InChI=1S/C20H29N5O3S2/c1-2-25(16-7-4-3-5-8-16)19(26)15-23-11-13-24(14-12-23)30(27,28)18-10-6-9-17-20(18)22-29-21-17/h6,9-10,16H,2-5,7-8,11-15H2,1H3. The largest absolute Gasteiger partial charge is 0.339 e. The monoisotopic (exact) mass is 451 g/mol. The van der Waals surface area contributed by atoms with Gasteiger partial charge in [0.2, 0.25) is 15.9 Å². The van der Waals surface area contributed by atoms with E-state index in [2.05, 4.69) is 13.6 Å². The van der Waals surface area contributed by atoms with E-state index >= 15 is 0 Å². The van der Waals surface area contributed by atoms with Crippen LogP contribution in [0.15, 0.2) is 23.1 Å². The first-order valence-electron chi connectivity index (χ1n) is 10.7. The van der Waals surface area contributed by atoms with E-state index < -0.39 is 10.0 Å². The zero-order valence-corrected chi connectivity index (χ0v) is 19.0. The van der Waals surface area contributed by atoms with Crippen molar-refractivity contribution in [1.82, 2.24) is 22.9 Å². The highest BCUT2D eigenvalue weighted by atomic mass is 32.2. The molecule has 2 heterocycles. The molecule has 1 amide bonds. The number of sulfonamides is 1. The van der Waals surface area contributed by atoms with Crippen molar-refractivity contribution in [3.8, 4) is 0 Å². The van der Waals surface area contributed by atoms with Crippen molar-refractivity contribution in [2.75, 3.05) is 39.3 Å². The molecule has 164 valence electrons. The second kappa shape index (κ2) is 9.25. The third-order valence-electron chi connectivity index (χ3n) is 6.23. The van der Waals surface area contributed by atoms with Gasteiger partial charge in [0.05, 0.1) is 18.3 Å². The molecule has 1 aliphatic carbocycles. The van der Waals surface area contributed by atoms with Gasteiger partial charge < -0.3 is 4.90 Å². The summed E-state index contributed by atoms with van der Waals surface area (Å²) in [5.74, 6) is 0.166. The van der Waals surface area contributed by atoms with Gasteiger partial charge in [0.1, 0.15) is 15.9 Å². The predicted molar refractivity (Wildman–Crippen MR) is 117 cm³/mol. The van der Waals surface area contributed by atoms with Crippen LogP contribution in [0.2, 0.25) is 0 Å². The second-order valence-corrected chi connectivity index (χ2v) is 10.5. The Morgan fingerprint density at radius 3 is 2.57 bits per heavy atom. The lowest BCUT2D eigenvalue weighted by Gasteiger charge is -2.37. The summed E-state index contributed by atoms with van der Waals surface area (Å²) in [6.07, 6.45) is 5.87. The molecule has 10 heteroatoms. The first-order valence-corrected chi connectivity index (χ1v) is 12.9. The third-order valence-corrected chi connectivity index (χ3v) is 8.71. The second-order valence-electron chi connectivity index (χ2n) is 8.04. The normalized spacial score (nSPS) is 19.9. The van der Waals surface area contributed by atoms with Crippen LogP contribution in [0.1, 0.15) is 39.0 Å². The molecule has 2 fully saturated rings. The zero-order valence-electron chi connectivity index (χ0n) is 17.4. The molecular weight excluding hydrogens is 422 g/mol. The minimum absolute atomic E-state index is 0.166. The molecule has 30 heavy (non-hydrogen) atoms. The number of amides is 1. The number of benzene rings is 1. The van der Waals surface area contributed by atoms with E-state index in [9.17, 15) is 13.2 Å². The van der Waals surface area contributed by atoms with Crippen LogP contribution in [0, 0.1) is 0 Å². The molecule has 1 aromatic heterocycles. The van der Waals surface area contributed by atoms with Gasteiger partial charge in [-0.25, -0.2) is 8.42 Å². The van der Waals surface area contributed by atoms with Gasteiger partial charge in [-0.2, -0.15) is 13.1 Å². The summed E-state index contributed by atoms with van der Waals surface area (Å²) in [5, 5.41) is 0. The van der Waals surface area contributed by atoms with Crippen molar-refractivity contribution in [3.05, 3.63) is 18.2 Å². The number of hydrogen-bond donors (Lipinski definition) is 0. The number of piperazine rings is 1. The van der Waals surface area contributed by atoms with Crippen LogP contribution in [-0.2, 0) is 14.8 Å². The third kappa shape index (κ3) is 4.37. The van der Waals surface area contributed by atoms with Crippen molar-refractivity contribution in [2.45, 2.75) is 50.0 Å². The molecule has 2 aromatic rings. The number of aromatic nitrogens is 2. The van der Waals surface area contributed by atoms with Crippen LogP contribution in [0.25, 0.3) is 11.0 Å². The van der Waals surface area contributed by atoms with Crippen LogP contribution in [0.5, 0.6) is 0 Å². The fourth-order valence-corrected chi connectivity index (χ4v) is 6.74. The molecule has 0 unspecified atom stereocenters. The average Bonchev–Trinajstić information content (AvgIpc) is 3.24. The maximum absolute atomic E-state index is 13.2. The number of fused-ring (bicyclic) bond motifs is 1. The van der Waals surface area contributed by atoms with Crippen molar-refractivity contribution in [2.24, 2.45) is 0 Å². The molecule has 0 atom stereocenters. The van der Waals surface area contributed by atoms with Crippen molar-refractivity contribution >= 4 is 38.7 Å². The van der Waals surface area contributed by atoms with E-state index in [1.54, 1.807) is 18.2 Å². The zero-order chi connectivity index (χ0) is 21.1. The lowest BCUT2D eigenvalue weighted by Crippen LogP contribution is -2.52. The number of carbonyl (C=O) groups excluding carboxylic acids is 1. The Labute approximate surface area is 182 Å². The average molecular weight is 452 g/mol. The van der Waals surface area contributed by atoms with E-state index in [-0.39, 0.29) is 10.8 Å². The minimum atomic E-state index is -3.63. The topological polar surface area (TPSA) is 86.7 Å². The van der Waals surface area contributed by atoms with Crippen LogP contribution < -0.4 is 0 Å². The molecule has 1 aromatic carbocycles. The van der Waals surface area contributed by atoms with Gasteiger partial charge in [-0.3, -0.25) is 9.69 Å². The highest BCUT2D eigenvalue weighted by molar-refractivity contribution is 7.89. The fraction of sp³-hybridized carbons (Fsp3) is 0.650. The Bertz CT molecular complexity index is 979. The highest BCUT2D eigenvalue weighted by Gasteiger charge is 2.32. The van der Waals surface area contributed by atoms with E-state index in [0.29, 0.717) is 49.8 Å². The summed E-state index contributed by atoms with van der Waals surface area (Å²) in [6.45, 7) is 5.01. The molecular formula is C20H29N5O3S2. The molecule has 1 aliphatic heterocycles. The van der Waals surface area contributed by atoms with Gasteiger partial charge in [0.15, 0.2) is 0 Å². The molecule has 2 aliphatic rings. The first-order chi connectivity index (χ1) is 14.5. The quantitative estimate of drug-likeness (QED) is 0.669. The summed E-state index contributed by atoms with van der Waals surface area (Å²) in [6, 6.07) is 5.44. The Kier molecular flexibility index (Phi) is 6.66. The molecule has 1 saturated heterocycles. The SMILES string of the molecule is CCN(C(=O)CN1CCN(S(=O)(=O)c2cccc3nsnc23)CC1)C1CCCCC1. The Morgan fingerprint density at radius 1 is 1.13 bits per heavy atom. The molecule has 8 nitrogen and oxygen atoms in total. The van der Waals surface area contributed by atoms with E-state index in [1.807, 2.05) is 11.8 Å². The maximum atomic E-state index is 13.2. The van der Waals surface area contributed by atoms with Crippen molar-refractivity contribution in [3.63, 3.8) is 0 Å². The predicted octanol–water partition coefficient (Wildman–Crippen LogP) is 2.18. The van der Waals surface area contributed by atoms with E-state index in [0.717, 1.165) is 31.1 Å². The number of hydrogen-bond acceptors (Lipinski definition) is 7. The van der Waals surface area contributed by atoms with Crippen LogP contribution in [0.4, 0.5) is 0 Å². The molecule has 0 N–H and O–H groups in total. The van der Waals surface area contributed by atoms with Crippen LogP contribution >= 0.6 is 11.7 Å². The molecule has 0 spiro atoms. The van der Waals surface area contributed by atoms with Crippen molar-refractivity contribution in [1.29, 1.82) is 0 Å². The van der Waals surface area contributed by atoms with E-state index in [4.69, 9.17) is 0 Å². The van der Waals surface area contributed by atoms with Crippen LogP contribution in [0.3, 0.4) is 0 Å². The Balaban J connectivity index is 1.37. The molecule has 0 radical (unpaired) electrons. The first kappa shape index (κ1) is 21.6. The van der Waals surface area contributed by atoms with E-state index in [1.165, 1.54) is 23.6 Å². The lowest BCUT2D eigenvalue weighted by atomic mass is 9.94. The summed E-state index contributed by atoms with van der Waals surface area (Å²) in [4.78, 5) is 17.2. The minimum Gasteiger partial charge on any atom is -0.339 e. The number of rotatable bonds is 6. The highest BCUT2D eigenvalue weighted by Crippen LogP contribution is 2.26. The van der Waals surface area contributed by atoms with Crippen LogP contribution in [-0.4, -0.2) is 82.5 Å². The lowest BCUT2D eigenvalue weighted by molar-refractivity contribution is -0.135. The van der Waals surface area contributed by atoms with Gasteiger partial charge in [0, 0.05) is 38.8 Å². The maximum Gasteiger partial charge on any atom is 0.245 e. The number of nitrogens with zero attached hydrogens (tertiary/aromatic N) is 5. The Morgan fingerprint density at radius 2 is 1.87 bits per heavy atom. The summed E-state index contributed by atoms with van der Waals surface area (Å²) >= 11 is 1.02. The molecule has 0 bridgehead atoms. The van der Waals surface area contributed by atoms with Gasteiger partial charge in [0.25, 0.3) is 0 Å². The molecule has 4 rings (SSSR count). The van der Waals surface area contributed by atoms with Gasteiger partial charge in [-0.1, -0.05) is 25.3 Å². The number of carbonyl (C=O) groups is 1. The summed E-state index contributed by atoms with van der Waals surface area (Å²) in [5.41, 5.74) is 1.04. The van der Waals surface area contributed by atoms with Crippen molar-refractivity contribution < 1.29 is 13.2 Å². The summed E-state index contributed by atoms with van der Waals surface area (Å²) < 4.78 is 36.1. The fourth-order valence-electron chi connectivity index (χ4n) is 4.57. The number of likely N-dealkylation sites (N-methyl/N-ethyl adjacent to an activating group) is 1. The smallest absolute Gasteiger partial charge is 0.245 e. The van der Waals surface area contributed by atoms with Gasteiger partial charge in [-0.05, 0) is 31.9 Å². The van der Waals surface area contributed by atoms with Gasteiger partial charge >= 0.3 is 0 Å². The Hall–Kier alpha value is -1.62. The molecule has 1 saturated carbocycles. The van der Waals surface area contributed by atoms with Gasteiger partial charge in [-0.15, -0.1) is 0 Å².